The molecular weight excluding hydrogens is 384 g/mol. The van der Waals surface area contributed by atoms with Crippen LogP contribution in [0.1, 0.15) is 22.0 Å². The van der Waals surface area contributed by atoms with Crippen molar-refractivity contribution in [2.24, 2.45) is 0 Å². The molecule has 0 aliphatic heterocycles. The molecule has 1 N–H and O–H groups in total. The molecule has 0 heterocycles. The van der Waals surface area contributed by atoms with E-state index in [-0.39, 0.29) is 5.91 Å². The highest BCUT2D eigenvalue weighted by Crippen LogP contribution is 2.21. The third-order valence-corrected chi connectivity index (χ3v) is 3.58. The van der Waals surface area contributed by atoms with E-state index in [0.29, 0.717) is 5.56 Å². The van der Waals surface area contributed by atoms with Crippen molar-refractivity contribution in [3.8, 4) is 6.07 Å². The molecule has 1 unspecified atom stereocenters. The van der Waals surface area contributed by atoms with E-state index in [2.05, 4.69) is 43.2 Å². The van der Waals surface area contributed by atoms with Crippen molar-refractivity contribution < 1.29 is 4.79 Å². The fraction of sp³-hybridized carbons (Fsp3) is 0.0667. The first-order valence-corrected chi connectivity index (χ1v) is 7.40. The molecule has 20 heavy (non-hydrogen) atoms. The molecular formula is C15H10Br2N2O. The summed E-state index contributed by atoms with van der Waals surface area (Å²) in [5, 5.41) is 11.9. The van der Waals surface area contributed by atoms with Crippen LogP contribution in [0.5, 0.6) is 0 Å². The zero-order chi connectivity index (χ0) is 14.5. The zero-order valence-electron chi connectivity index (χ0n) is 10.3. The van der Waals surface area contributed by atoms with Gasteiger partial charge in [0.2, 0.25) is 0 Å². The van der Waals surface area contributed by atoms with E-state index < -0.39 is 6.04 Å². The lowest BCUT2D eigenvalue weighted by molar-refractivity contribution is 0.0945. The van der Waals surface area contributed by atoms with Gasteiger partial charge in [0.25, 0.3) is 5.91 Å². The zero-order valence-corrected chi connectivity index (χ0v) is 13.5. The number of carbonyl (C=O) groups is 1. The Kier molecular flexibility index (Phi) is 4.94. The van der Waals surface area contributed by atoms with Gasteiger partial charge < -0.3 is 5.32 Å². The average Bonchev–Trinajstić information content (AvgIpc) is 2.44. The third kappa shape index (κ3) is 3.69. The van der Waals surface area contributed by atoms with Crippen LogP contribution in [-0.4, -0.2) is 5.91 Å². The summed E-state index contributed by atoms with van der Waals surface area (Å²) in [5.74, 6) is -0.289. The lowest BCUT2D eigenvalue weighted by Gasteiger charge is -2.12. The van der Waals surface area contributed by atoms with Gasteiger partial charge in [-0.25, -0.2) is 0 Å². The van der Waals surface area contributed by atoms with E-state index in [1.807, 2.05) is 36.4 Å². The first-order valence-electron chi connectivity index (χ1n) is 5.81. The van der Waals surface area contributed by atoms with Gasteiger partial charge in [-0.3, -0.25) is 4.79 Å². The maximum absolute atomic E-state index is 12.2. The lowest BCUT2D eigenvalue weighted by atomic mass is 10.1. The number of nitrogens with zero attached hydrogens (tertiary/aromatic N) is 1. The molecule has 0 saturated carbocycles. The number of nitriles is 1. The first kappa shape index (κ1) is 14.8. The monoisotopic (exact) mass is 392 g/mol. The number of carbonyl (C=O) groups excluding carboxylic acids is 1. The Balaban J connectivity index is 2.20. The molecule has 1 atom stereocenters. The quantitative estimate of drug-likeness (QED) is 0.849. The molecule has 5 heteroatoms. The Morgan fingerprint density at radius 1 is 1.10 bits per heavy atom. The van der Waals surface area contributed by atoms with Crippen LogP contribution in [0.3, 0.4) is 0 Å². The molecule has 100 valence electrons. The van der Waals surface area contributed by atoms with Crippen LogP contribution < -0.4 is 5.32 Å². The molecule has 2 aromatic carbocycles. The highest BCUT2D eigenvalue weighted by Gasteiger charge is 2.15. The first-order chi connectivity index (χ1) is 9.60. The second-order valence-corrected chi connectivity index (χ2v) is 5.94. The smallest absolute Gasteiger partial charge is 0.252 e. The summed E-state index contributed by atoms with van der Waals surface area (Å²) in [6.07, 6.45) is 0. The van der Waals surface area contributed by atoms with Gasteiger partial charge in [-0.1, -0.05) is 62.2 Å². The van der Waals surface area contributed by atoms with Crippen LogP contribution in [0.15, 0.2) is 57.5 Å². The minimum atomic E-state index is -0.665. The van der Waals surface area contributed by atoms with Crippen molar-refractivity contribution in [3.63, 3.8) is 0 Å². The normalized spacial score (nSPS) is 11.4. The number of benzene rings is 2. The lowest BCUT2D eigenvalue weighted by Crippen LogP contribution is -2.27. The van der Waals surface area contributed by atoms with E-state index in [9.17, 15) is 10.1 Å². The Hall–Kier alpha value is -1.64. The average molecular weight is 394 g/mol. The van der Waals surface area contributed by atoms with Gasteiger partial charge >= 0.3 is 0 Å². The molecule has 2 rings (SSSR count). The second-order valence-electron chi connectivity index (χ2n) is 4.10. The third-order valence-electron chi connectivity index (χ3n) is 2.66. The van der Waals surface area contributed by atoms with Crippen LogP contribution in [0, 0.1) is 11.3 Å². The Labute approximate surface area is 133 Å². The van der Waals surface area contributed by atoms with E-state index in [0.717, 1.165) is 14.5 Å². The molecule has 0 fully saturated rings. The summed E-state index contributed by atoms with van der Waals surface area (Å²) in [6.45, 7) is 0. The van der Waals surface area contributed by atoms with Crippen molar-refractivity contribution in [2.45, 2.75) is 6.04 Å². The Morgan fingerprint density at radius 2 is 1.70 bits per heavy atom. The summed E-state index contributed by atoms with van der Waals surface area (Å²) in [5.41, 5.74) is 1.25. The predicted molar refractivity (Wildman–Crippen MR) is 84.1 cm³/mol. The van der Waals surface area contributed by atoms with Gasteiger partial charge in [-0.15, -0.1) is 0 Å². The van der Waals surface area contributed by atoms with Crippen LogP contribution in [0.25, 0.3) is 0 Å². The number of halogens is 2. The predicted octanol–water partition coefficient (Wildman–Crippen LogP) is 4.21. The maximum atomic E-state index is 12.2. The van der Waals surface area contributed by atoms with E-state index in [1.165, 1.54) is 0 Å². The number of hydrogen-bond donors (Lipinski definition) is 1. The molecule has 0 saturated heterocycles. The molecule has 1 amide bonds. The summed E-state index contributed by atoms with van der Waals surface area (Å²) in [4.78, 5) is 12.2. The van der Waals surface area contributed by atoms with Crippen LogP contribution >= 0.6 is 31.9 Å². The van der Waals surface area contributed by atoms with E-state index in [1.54, 1.807) is 12.1 Å². The summed E-state index contributed by atoms with van der Waals surface area (Å²) in [6, 6.07) is 15.8. The van der Waals surface area contributed by atoms with Crippen LogP contribution in [0.4, 0.5) is 0 Å². The van der Waals surface area contributed by atoms with Crippen molar-refractivity contribution in [1.82, 2.24) is 5.32 Å². The van der Waals surface area contributed by atoms with Crippen LogP contribution in [0.2, 0.25) is 0 Å². The van der Waals surface area contributed by atoms with Gasteiger partial charge in [-0.2, -0.15) is 5.26 Å². The van der Waals surface area contributed by atoms with Crippen LogP contribution in [-0.2, 0) is 0 Å². The minimum absolute atomic E-state index is 0.289. The minimum Gasteiger partial charge on any atom is -0.332 e. The molecule has 0 spiro atoms. The van der Waals surface area contributed by atoms with Crippen molar-refractivity contribution in [3.05, 3.63) is 68.6 Å². The number of amides is 1. The summed E-state index contributed by atoms with van der Waals surface area (Å²) < 4.78 is 1.59. The van der Waals surface area contributed by atoms with Crippen molar-refractivity contribution in [1.29, 1.82) is 5.26 Å². The molecule has 0 radical (unpaired) electrons. The molecule has 0 aliphatic carbocycles. The molecule has 0 aromatic heterocycles. The largest absolute Gasteiger partial charge is 0.332 e. The standard InChI is InChI=1S/C15H10Br2N2O/c16-12-6-11(7-13(17)8-12)15(20)19-14(9-18)10-4-2-1-3-5-10/h1-8,14H,(H,19,20). The Morgan fingerprint density at radius 3 is 2.25 bits per heavy atom. The van der Waals surface area contributed by atoms with E-state index in [4.69, 9.17) is 0 Å². The summed E-state index contributed by atoms with van der Waals surface area (Å²) in [7, 11) is 0. The maximum Gasteiger partial charge on any atom is 0.252 e. The molecule has 3 nitrogen and oxygen atoms in total. The molecule has 0 aliphatic rings. The highest BCUT2D eigenvalue weighted by atomic mass is 79.9. The highest BCUT2D eigenvalue weighted by molar-refractivity contribution is 9.11. The van der Waals surface area contributed by atoms with Gasteiger partial charge in [0.05, 0.1) is 6.07 Å². The second kappa shape index (κ2) is 6.69. The fourth-order valence-electron chi connectivity index (χ4n) is 1.73. The van der Waals surface area contributed by atoms with Crippen molar-refractivity contribution >= 4 is 37.8 Å². The number of hydrogen-bond acceptors (Lipinski definition) is 2. The molecule has 0 bridgehead atoms. The van der Waals surface area contributed by atoms with Gasteiger partial charge in [0, 0.05) is 14.5 Å². The topological polar surface area (TPSA) is 52.9 Å². The SMILES string of the molecule is N#CC(NC(=O)c1cc(Br)cc(Br)c1)c1ccccc1. The van der Waals surface area contributed by atoms with Gasteiger partial charge in [0.1, 0.15) is 6.04 Å². The number of nitrogens with one attached hydrogen (secondary N) is 1. The molecule has 2 aromatic rings. The van der Waals surface area contributed by atoms with Crippen molar-refractivity contribution in [2.75, 3.05) is 0 Å². The Bertz CT molecular complexity index is 645. The van der Waals surface area contributed by atoms with E-state index >= 15 is 0 Å². The summed E-state index contributed by atoms with van der Waals surface area (Å²) >= 11 is 6.67. The van der Waals surface area contributed by atoms with Gasteiger partial charge in [0.15, 0.2) is 0 Å². The fourth-order valence-corrected chi connectivity index (χ4v) is 3.03. The van der Waals surface area contributed by atoms with Gasteiger partial charge in [-0.05, 0) is 23.8 Å². The number of rotatable bonds is 3.